The van der Waals surface area contributed by atoms with Gasteiger partial charge in [-0.3, -0.25) is 9.59 Å². The molecule has 0 aliphatic carbocycles. The van der Waals surface area contributed by atoms with Crippen LogP contribution in [-0.4, -0.2) is 47.2 Å². The Kier molecular flexibility index (Phi) is 3.89. The van der Waals surface area contributed by atoms with Crippen LogP contribution in [-0.2, 0) is 20.9 Å². The molecule has 2 aromatic rings. The molecule has 5 rings (SSSR count). The summed E-state index contributed by atoms with van der Waals surface area (Å²) in [5.41, 5.74) is 0.482. The first kappa shape index (κ1) is 18.1. The number of anilines is 1. The van der Waals surface area contributed by atoms with Gasteiger partial charge in [-0.05, 0) is 30.7 Å². The largest absolute Gasteiger partial charge is 0.360 e. The molecule has 29 heavy (non-hydrogen) atoms. The van der Waals surface area contributed by atoms with Crippen molar-refractivity contribution >= 4 is 17.5 Å². The van der Waals surface area contributed by atoms with Crippen LogP contribution in [0.4, 0.5) is 10.1 Å². The van der Waals surface area contributed by atoms with Gasteiger partial charge in [-0.2, -0.15) is 0 Å². The van der Waals surface area contributed by atoms with Gasteiger partial charge >= 0.3 is 0 Å². The second-order valence-electron chi connectivity index (χ2n) is 7.93. The van der Waals surface area contributed by atoms with Crippen LogP contribution in [0.15, 0.2) is 47.1 Å². The zero-order valence-electron chi connectivity index (χ0n) is 16.0. The normalized spacial score (nSPS) is 29.6. The first-order chi connectivity index (χ1) is 13.9. The molecule has 0 unspecified atom stereocenters. The summed E-state index contributed by atoms with van der Waals surface area (Å²) in [5.74, 6) is -1.34. The summed E-state index contributed by atoms with van der Waals surface area (Å²) in [6.07, 6.45) is 4.87. The molecule has 7 nitrogen and oxygen atoms in total. The van der Waals surface area contributed by atoms with Crippen molar-refractivity contribution in [3.8, 4) is 0 Å². The van der Waals surface area contributed by atoms with Crippen LogP contribution in [0.25, 0.3) is 0 Å². The van der Waals surface area contributed by atoms with Crippen LogP contribution in [0, 0.1) is 24.6 Å². The predicted molar refractivity (Wildman–Crippen MR) is 100 cm³/mol. The van der Waals surface area contributed by atoms with Crippen molar-refractivity contribution in [1.29, 1.82) is 0 Å². The van der Waals surface area contributed by atoms with E-state index in [-0.39, 0.29) is 24.2 Å². The number of carbonyl (C=O) groups is 2. The maximum absolute atomic E-state index is 13.5. The highest BCUT2D eigenvalue weighted by Crippen LogP contribution is 2.53. The lowest BCUT2D eigenvalue weighted by atomic mass is 9.76. The Bertz CT molecular complexity index is 1020. The number of amides is 2. The van der Waals surface area contributed by atoms with Gasteiger partial charge in [-0.1, -0.05) is 17.3 Å². The van der Waals surface area contributed by atoms with Crippen LogP contribution in [0.5, 0.6) is 0 Å². The molecule has 3 aliphatic rings. The average molecular weight is 397 g/mol. The second-order valence-corrected chi connectivity index (χ2v) is 7.93. The van der Waals surface area contributed by atoms with Crippen LogP contribution in [0.1, 0.15) is 11.3 Å². The van der Waals surface area contributed by atoms with E-state index in [9.17, 15) is 14.0 Å². The third-order valence-electron chi connectivity index (χ3n) is 6.10. The summed E-state index contributed by atoms with van der Waals surface area (Å²) in [7, 11) is 1.68. The number of halogens is 1. The fourth-order valence-corrected chi connectivity index (χ4v) is 4.80. The molecule has 2 saturated heterocycles. The molecule has 1 aromatic carbocycles. The van der Waals surface area contributed by atoms with Gasteiger partial charge < -0.3 is 19.1 Å². The monoisotopic (exact) mass is 397 g/mol. The maximum Gasteiger partial charge on any atom is 0.234 e. The predicted octanol–water partition coefficient (Wildman–Crippen LogP) is 2.07. The van der Waals surface area contributed by atoms with E-state index >= 15 is 0 Å². The Morgan fingerprint density at radius 2 is 2.24 bits per heavy atom. The summed E-state index contributed by atoms with van der Waals surface area (Å²) in [6, 6.07) is 6.03. The molecule has 4 heterocycles. The fraction of sp³-hybridized carbons (Fsp3) is 0.381. The minimum absolute atomic E-state index is 0.169. The van der Waals surface area contributed by atoms with Gasteiger partial charge in [0, 0.05) is 18.8 Å². The summed E-state index contributed by atoms with van der Waals surface area (Å²) in [5, 5.41) is 3.66. The molecular formula is C21H20FN3O4. The van der Waals surface area contributed by atoms with Gasteiger partial charge in [0.25, 0.3) is 0 Å². The average Bonchev–Trinajstić information content (AvgIpc) is 3.44. The number of carbonyl (C=O) groups excluding carboxylic acids is 2. The third-order valence-corrected chi connectivity index (χ3v) is 6.10. The number of aryl methyl sites for hydroxylation is 1. The second kappa shape index (κ2) is 6.25. The Morgan fingerprint density at radius 1 is 1.41 bits per heavy atom. The van der Waals surface area contributed by atoms with Crippen molar-refractivity contribution in [3.05, 3.63) is 59.8 Å². The highest BCUT2D eigenvalue weighted by atomic mass is 19.1. The van der Waals surface area contributed by atoms with Crippen LogP contribution in [0.2, 0.25) is 0 Å². The SMILES string of the molecule is Cc1cc(F)ccc1N1C[C@]23C=C[C@H](O2)[C@H](C(=O)N(C)Cc2ccno2)[C@H]3C1=O. The van der Waals surface area contributed by atoms with Gasteiger partial charge in [0.2, 0.25) is 11.8 Å². The van der Waals surface area contributed by atoms with E-state index in [0.717, 1.165) is 0 Å². The lowest BCUT2D eigenvalue weighted by Gasteiger charge is -2.27. The van der Waals surface area contributed by atoms with Crippen molar-refractivity contribution < 1.29 is 23.2 Å². The number of ether oxygens (including phenoxy) is 1. The minimum Gasteiger partial charge on any atom is -0.360 e. The van der Waals surface area contributed by atoms with Crippen molar-refractivity contribution in [2.75, 3.05) is 18.5 Å². The van der Waals surface area contributed by atoms with Gasteiger partial charge in [-0.15, -0.1) is 0 Å². The number of fused-ring (bicyclic) bond motifs is 1. The zero-order chi connectivity index (χ0) is 20.3. The van der Waals surface area contributed by atoms with Crippen LogP contribution >= 0.6 is 0 Å². The number of nitrogens with zero attached hydrogens (tertiary/aromatic N) is 3. The van der Waals surface area contributed by atoms with E-state index in [2.05, 4.69) is 5.16 Å². The molecule has 1 spiro atoms. The number of rotatable bonds is 4. The molecule has 0 saturated carbocycles. The van der Waals surface area contributed by atoms with Crippen molar-refractivity contribution in [3.63, 3.8) is 0 Å². The van der Waals surface area contributed by atoms with E-state index in [1.165, 1.54) is 23.2 Å². The van der Waals surface area contributed by atoms with Gasteiger partial charge in [0.15, 0.2) is 5.76 Å². The van der Waals surface area contributed by atoms with Gasteiger partial charge in [0.05, 0.1) is 37.2 Å². The molecule has 0 N–H and O–H groups in total. The van der Waals surface area contributed by atoms with E-state index in [1.54, 1.807) is 31.0 Å². The summed E-state index contributed by atoms with van der Waals surface area (Å²) in [6.45, 7) is 2.34. The Morgan fingerprint density at radius 3 is 2.97 bits per heavy atom. The summed E-state index contributed by atoms with van der Waals surface area (Å²) < 4.78 is 24.8. The lowest BCUT2D eigenvalue weighted by Crippen LogP contribution is -2.44. The number of hydrogen-bond acceptors (Lipinski definition) is 5. The first-order valence-corrected chi connectivity index (χ1v) is 9.49. The van der Waals surface area contributed by atoms with Gasteiger partial charge in [-0.25, -0.2) is 4.39 Å². The van der Waals surface area contributed by atoms with Crippen LogP contribution < -0.4 is 4.90 Å². The topological polar surface area (TPSA) is 75.9 Å². The molecular weight excluding hydrogens is 377 g/mol. The fourth-order valence-electron chi connectivity index (χ4n) is 4.80. The molecule has 2 amide bonds. The van der Waals surface area contributed by atoms with E-state index in [0.29, 0.717) is 23.6 Å². The lowest BCUT2D eigenvalue weighted by molar-refractivity contribution is -0.139. The summed E-state index contributed by atoms with van der Waals surface area (Å²) >= 11 is 0. The van der Waals surface area contributed by atoms with Crippen molar-refractivity contribution in [2.45, 2.75) is 25.2 Å². The molecule has 2 bridgehead atoms. The Labute approximate surface area is 166 Å². The molecule has 2 fully saturated rings. The Hall–Kier alpha value is -3.00. The van der Waals surface area contributed by atoms with E-state index < -0.39 is 23.5 Å². The van der Waals surface area contributed by atoms with Crippen molar-refractivity contribution in [1.82, 2.24) is 10.1 Å². The van der Waals surface area contributed by atoms with E-state index in [1.807, 2.05) is 12.2 Å². The minimum atomic E-state index is -0.823. The number of aromatic nitrogens is 1. The summed E-state index contributed by atoms with van der Waals surface area (Å²) in [4.78, 5) is 29.8. The zero-order valence-corrected chi connectivity index (χ0v) is 16.0. The quantitative estimate of drug-likeness (QED) is 0.739. The molecule has 150 valence electrons. The Balaban J connectivity index is 1.44. The molecule has 3 aliphatic heterocycles. The third kappa shape index (κ3) is 2.62. The van der Waals surface area contributed by atoms with Crippen molar-refractivity contribution in [2.24, 2.45) is 11.8 Å². The molecule has 1 aromatic heterocycles. The molecule has 8 heteroatoms. The molecule has 4 atom stereocenters. The number of hydrogen-bond donors (Lipinski definition) is 0. The number of benzene rings is 1. The van der Waals surface area contributed by atoms with Gasteiger partial charge in [0.1, 0.15) is 11.4 Å². The maximum atomic E-state index is 13.5. The highest BCUT2D eigenvalue weighted by molar-refractivity contribution is 6.03. The standard InChI is InChI=1S/C21H20FN3O4/c1-12-9-13(22)3-4-15(12)25-11-21-7-5-16(28-21)17(18(21)20(25)27)19(26)24(2)10-14-6-8-23-29-14/h3-9,16-18H,10-11H2,1-2H3/t16-,17-,18-,21-/m0/s1. The van der Waals surface area contributed by atoms with E-state index in [4.69, 9.17) is 9.26 Å². The smallest absolute Gasteiger partial charge is 0.234 e. The van der Waals surface area contributed by atoms with Crippen LogP contribution in [0.3, 0.4) is 0 Å². The first-order valence-electron chi connectivity index (χ1n) is 9.49. The highest BCUT2D eigenvalue weighted by Gasteiger charge is 2.67. The molecule has 0 radical (unpaired) electrons.